The number of rotatable bonds is 5. The molecule has 13 heavy (non-hydrogen) atoms. The van der Waals surface area contributed by atoms with Gasteiger partial charge in [-0.25, -0.2) is 0 Å². The molecule has 0 saturated heterocycles. The molecule has 2 atom stereocenters. The molecule has 1 saturated carbocycles. The van der Waals surface area contributed by atoms with E-state index in [1.807, 2.05) is 13.8 Å². The number of aliphatic hydroxyl groups excluding tert-OH is 1. The van der Waals surface area contributed by atoms with E-state index in [0.717, 1.165) is 12.5 Å². The summed E-state index contributed by atoms with van der Waals surface area (Å²) in [4.78, 5) is 0. The molecule has 1 aliphatic rings. The molecule has 2 unspecified atom stereocenters. The summed E-state index contributed by atoms with van der Waals surface area (Å²) in [6.07, 6.45) is 6.75. The van der Waals surface area contributed by atoms with Crippen LogP contribution in [0.4, 0.5) is 0 Å². The van der Waals surface area contributed by atoms with Crippen molar-refractivity contribution in [1.82, 2.24) is 5.32 Å². The maximum atomic E-state index is 9.25. The van der Waals surface area contributed by atoms with Crippen LogP contribution in [0, 0.1) is 5.92 Å². The van der Waals surface area contributed by atoms with Gasteiger partial charge in [-0.05, 0) is 32.7 Å². The van der Waals surface area contributed by atoms with Gasteiger partial charge in [-0.3, -0.25) is 0 Å². The van der Waals surface area contributed by atoms with Crippen molar-refractivity contribution >= 4 is 0 Å². The van der Waals surface area contributed by atoms with E-state index in [0.29, 0.717) is 0 Å². The van der Waals surface area contributed by atoms with Gasteiger partial charge >= 0.3 is 0 Å². The van der Waals surface area contributed by atoms with E-state index >= 15 is 0 Å². The Bertz CT molecular complexity index is 128. The van der Waals surface area contributed by atoms with Crippen molar-refractivity contribution in [3.05, 3.63) is 0 Å². The molecular formula is C11H23NO. The minimum Gasteiger partial charge on any atom is -0.392 e. The second-order valence-electron chi connectivity index (χ2n) is 4.42. The fraction of sp³-hybridized carbons (Fsp3) is 1.00. The van der Waals surface area contributed by atoms with Gasteiger partial charge in [0.1, 0.15) is 0 Å². The molecule has 0 aromatic heterocycles. The quantitative estimate of drug-likeness (QED) is 0.686. The lowest BCUT2D eigenvalue weighted by atomic mass is 10.0. The summed E-state index contributed by atoms with van der Waals surface area (Å²) in [5.74, 6) is 0.952. The minimum atomic E-state index is -0.233. The Balaban J connectivity index is 1.99. The zero-order chi connectivity index (χ0) is 9.68. The molecule has 0 aromatic carbocycles. The first-order valence-electron chi connectivity index (χ1n) is 5.61. The highest BCUT2D eigenvalue weighted by atomic mass is 16.3. The summed E-state index contributed by atoms with van der Waals surface area (Å²) in [6.45, 7) is 4.95. The Morgan fingerprint density at radius 3 is 2.46 bits per heavy atom. The van der Waals surface area contributed by atoms with Crippen LogP contribution in [0.3, 0.4) is 0 Å². The Kier molecular flexibility index (Phi) is 4.74. The van der Waals surface area contributed by atoms with Crippen molar-refractivity contribution in [1.29, 1.82) is 0 Å². The first-order valence-corrected chi connectivity index (χ1v) is 5.61. The van der Waals surface area contributed by atoms with E-state index < -0.39 is 0 Å². The molecule has 1 fully saturated rings. The lowest BCUT2D eigenvalue weighted by molar-refractivity contribution is 0.152. The monoisotopic (exact) mass is 185 g/mol. The maximum Gasteiger partial charge on any atom is 0.0662 e. The van der Waals surface area contributed by atoms with Crippen molar-refractivity contribution in [3.63, 3.8) is 0 Å². The van der Waals surface area contributed by atoms with Crippen LogP contribution in [0.2, 0.25) is 0 Å². The third-order valence-electron chi connectivity index (χ3n) is 3.22. The highest BCUT2D eigenvalue weighted by Gasteiger charge is 2.15. The van der Waals surface area contributed by atoms with E-state index in [9.17, 15) is 5.11 Å². The number of hydrogen-bond donors (Lipinski definition) is 2. The lowest BCUT2D eigenvalue weighted by Crippen LogP contribution is -2.36. The van der Waals surface area contributed by atoms with Crippen LogP contribution in [0.5, 0.6) is 0 Å². The summed E-state index contributed by atoms with van der Waals surface area (Å²) in [5.41, 5.74) is 0. The highest BCUT2D eigenvalue weighted by Crippen LogP contribution is 2.26. The van der Waals surface area contributed by atoms with Gasteiger partial charge in [0.2, 0.25) is 0 Å². The summed E-state index contributed by atoms with van der Waals surface area (Å²) in [6, 6.07) is 0.237. The molecule has 2 nitrogen and oxygen atoms in total. The van der Waals surface area contributed by atoms with E-state index in [1.165, 1.54) is 32.1 Å². The third-order valence-corrected chi connectivity index (χ3v) is 3.22. The van der Waals surface area contributed by atoms with Crippen LogP contribution in [-0.4, -0.2) is 23.8 Å². The van der Waals surface area contributed by atoms with Crippen molar-refractivity contribution in [2.45, 2.75) is 58.1 Å². The van der Waals surface area contributed by atoms with Gasteiger partial charge in [0.05, 0.1) is 6.10 Å². The Hall–Kier alpha value is -0.0800. The molecular weight excluding hydrogens is 162 g/mol. The third kappa shape index (κ3) is 4.10. The summed E-state index contributed by atoms with van der Waals surface area (Å²) >= 11 is 0. The van der Waals surface area contributed by atoms with Gasteiger partial charge in [0, 0.05) is 6.04 Å². The molecule has 0 spiro atoms. The van der Waals surface area contributed by atoms with Gasteiger partial charge in [0.25, 0.3) is 0 Å². The van der Waals surface area contributed by atoms with Gasteiger partial charge in [-0.15, -0.1) is 0 Å². The molecule has 0 aliphatic heterocycles. The zero-order valence-electron chi connectivity index (χ0n) is 8.92. The van der Waals surface area contributed by atoms with Crippen molar-refractivity contribution < 1.29 is 5.11 Å². The van der Waals surface area contributed by atoms with Crippen LogP contribution in [0.1, 0.15) is 46.0 Å². The second-order valence-corrected chi connectivity index (χ2v) is 4.42. The Morgan fingerprint density at radius 1 is 1.31 bits per heavy atom. The first kappa shape index (κ1) is 11.0. The van der Waals surface area contributed by atoms with Gasteiger partial charge < -0.3 is 10.4 Å². The molecule has 2 N–H and O–H groups in total. The molecule has 1 aliphatic carbocycles. The van der Waals surface area contributed by atoms with Crippen molar-refractivity contribution in [2.24, 2.45) is 5.92 Å². The molecule has 78 valence electrons. The predicted octanol–water partition coefficient (Wildman–Crippen LogP) is 1.93. The van der Waals surface area contributed by atoms with Gasteiger partial charge in [0.15, 0.2) is 0 Å². The minimum absolute atomic E-state index is 0.233. The summed E-state index contributed by atoms with van der Waals surface area (Å²) < 4.78 is 0. The second kappa shape index (κ2) is 5.61. The topological polar surface area (TPSA) is 32.3 Å². The van der Waals surface area contributed by atoms with Crippen molar-refractivity contribution in [2.75, 3.05) is 6.54 Å². The molecule has 0 amide bonds. The van der Waals surface area contributed by atoms with Crippen LogP contribution < -0.4 is 5.32 Å². The fourth-order valence-electron chi connectivity index (χ4n) is 1.98. The standard InChI is InChI=1S/C11H23NO/c1-9(10(2)13)12-8-7-11-5-3-4-6-11/h9-13H,3-8H2,1-2H3. The summed E-state index contributed by atoms with van der Waals surface area (Å²) in [7, 11) is 0. The molecule has 2 heteroatoms. The zero-order valence-corrected chi connectivity index (χ0v) is 8.92. The number of hydrogen-bond acceptors (Lipinski definition) is 2. The van der Waals surface area contributed by atoms with Crippen molar-refractivity contribution in [3.8, 4) is 0 Å². The Labute approximate surface area is 81.7 Å². The van der Waals surface area contributed by atoms with E-state index in [-0.39, 0.29) is 12.1 Å². The largest absolute Gasteiger partial charge is 0.392 e. The average molecular weight is 185 g/mol. The number of aliphatic hydroxyl groups is 1. The lowest BCUT2D eigenvalue weighted by Gasteiger charge is -2.17. The smallest absolute Gasteiger partial charge is 0.0662 e. The van der Waals surface area contributed by atoms with E-state index in [4.69, 9.17) is 0 Å². The SMILES string of the molecule is CC(O)C(C)NCCC1CCCC1. The molecule has 0 heterocycles. The van der Waals surface area contributed by atoms with Crippen LogP contribution in [0.15, 0.2) is 0 Å². The first-order chi connectivity index (χ1) is 6.20. The Morgan fingerprint density at radius 2 is 1.92 bits per heavy atom. The number of nitrogens with one attached hydrogen (secondary N) is 1. The fourth-order valence-corrected chi connectivity index (χ4v) is 1.98. The van der Waals surface area contributed by atoms with Gasteiger partial charge in [-0.2, -0.15) is 0 Å². The normalized spacial score (nSPS) is 23.3. The van der Waals surface area contributed by atoms with Crippen LogP contribution in [0.25, 0.3) is 0 Å². The highest BCUT2D eigenvalue weighted by molar-refractivity contribution is 4.71. The summed E-state index contributed by atoms with van der Waals surface area (Å²) in [5, 5.41) is 12.6. The van der Waals surface area contributed by atoms with E-state index in [2.05, 4.69) is 5.32 Å². The molecule has 0 radical (unpaired) electrons. The van der Waals surface area contributed by atoms with Gasteiger partial charge in [-0.1, -0.05) is 25.7 Å². The maximum absolute atomic E-state index is 9.25. The average Bonchev–Trinajstić information content (AvgIpc) is 2.56. The molecule has 0 aromatic rings. The van der Waals surface area contributed by atoms with Crippen LogP contribution >= 0.6 is 0 Å². The van der Waals surface area contributed by atoms with Crippen LogP contribution in [-0.2, 0) is 0 Å². The van der Waals surface area contributed by atoms with E-state index in [1.54, 1.807) is 0 Å². The molecule has 0 bridgehead atoms. The molecule has 1 rings (SSSR count). The predicted molar refractivity (Wildman–Crippen MR) is 55.7 cm³/mol.